The SMILES string of the molecule is Cc1ncsc1C[N+](C)(C)C/C=C/C1=C(C(=O)[O-])N2C(=O)[C@@H](NC(=O)/C(=N\OC(C)(C)C(=O)O)c3csc(N)n3)[C@@H]2SC1. The number of thiazole rings is 2. The Morgan fingerprint density at radius 2 is 2.07 bits per heavy atom. The van der Waals surface area contributed by atoms with Gasteiger partial charge in [0.1, 0.15) is 23.7 Å². The number of nitrogens with one attached hydrogen (secondary N) is 1. The number of carboxylic acid groups (broad SMARTS) is 2. The Morgan fingerprint density at radius 3 is 2.65 bits per heavy atom. The second-order valence-electron chi connectivity index (χ2n) is 11.0. The van der Waals surface area contributed by atoms with Crippen molar-refractivity contribution in [2.75, 3.05) is 32.1 Å². The van der Waals surface area contributed by atoms with Crippen LogP contribution in [0.3, 0.4) is 0 Å². The van der Waals surface area contributed by atoms with Gasteiger partial charge >= 0.3 is 5.97 Å². The molecule has 17 heteroatoms. The third-order valence-electron chi connectivity index (χ3n) is 6.67. The quantitative estimate of drug-likeness (QED) is 0.124. The van der Waals surface area contributed by atoms with Crippen LogP contribution in [0.1, 0.15) is 30.1 Å². The minimum Gasteiger partial charge on any atom is -0.543 e. The molecule has 4 heterocycles. The topological polar surface area (TPSA) is 200 Å². The Morgan fingerprint density at radius 1 is 1.35 bits per heavy atom. The number of amides is 2. The van der Waals surface area contributed by atoms with Crippen molar-refractivity contribution in [3.63, 3.8) is 0 Å². The maximum Gasteiger partial charge on any atom is 0.350 e. The van der Waals surface area contributed by atoms with Gasteiger partial charge in [-0.2, -0.15) is 0 Å². The zero-order valence-corrected chi connectivity index (χ0v) is 26.5. The molecular formula is C26H31N7O7S3. The number of allylic oxidation sites excluding steroid dienone is 1. The van der Waals surface area contributed by atoms with Gasteiger partial charge in [-0.15, -0.1) is 34.4 Å². The lowest BCUT2D eigenvalue weighted by atomic mass is 10.0. The van der Waals surface area contributed by atoms with Gasteiger partial charge in [-0.05, 0) is 32.4 Å². The van der Waals surface area contributed by atoms with E-state index in [4.69, 9.17) is 10.6 Å². The van der Waals surface area contributed by atoms with E-state index in [1.807, 2.05) is 18.5 Å². The van der Waals surface area contributed by atoms with Crippen LogP contribution in [-0.2, 0) is 30.6 Å². The number of fused-ring (bicyclic) bond motifs is 1. The van der Waals surface area contributed by atoms with E-state index < -0.39 is 40.8 Å². The number of carbonyl (C=O) groups is 4. The zero-order chi connectivity index (χ0) is 31.7. The van der Waals surface area contributed by atoms with Gasteiger partial charge in [0.05, 0.1) is 48.4 Å². The van der Waals surface area contributed by atoms with Crippen LogP contribution >= 0.6 is 34.4 Å². The summed E-state index contributed by atoms with van der Waals surface area (Å²) in [6, 6.07) is -1.08. The molecule has 2 aromatic rings. The average Bonchev–Trinajstić information content (AvgIpc) is 3.53. The fourth-order valence-electron chi connectivity index (χ4n) is 4.18. The lowest BCUT2D eigenvalue weighted by molar-refractivity contribution is -0.897. The number of thioether (sulfide) groups is 1. The van der Waals surface area contributed by atoms with Crippen molar-refractivity contribution >= 4 is 69.0 Å². The van der Waals surface area contributed by atoms with E-state index >= 15 is 0 Å². The highest BCUT2D eigenvalue weighted by molar-refractivity contribution is 8.00. The van der Waals surface area contributed by atoms with Crippen LogP contribution in [0, 0.1) is 6.92 Å². The predicted octanol–water partition coefficient (Wildman–Crippen LogP) is 0.311. The zero-order valence-electron chi connectivity index (χ0n) is 24.0. The van der Waals surface area contributed by atoms with Crippen LogP contribution in [-0.4, -0.2) is 97.3 Å². The fourth-order valence-corrected chi connectivity index (χ4v) is 7.03. The van der Waals surface area contributed by atoms with Crippen molar-refractivity contribution < 1.29 is 38.7 Å². The van der Waals surface area contributed by atoms with Gasteiger partial charge < -0.3 is 35.4 Å². The molecule has 0 bridgehead atoms. The molecule has 1 saturated heterocycles. The average molecular weight is 650 g/mol. The maximum atomic E-state index is 13.2. The van der Waals surface area contributed by atoms with Crippen LogP contribution in [0.2, 0.25) is 0 Å². The first-order valence-electron chi connectivity index (χ1n) is 12.9. The van der Waals surface area contributed by atoms with Crippen molar-refractivity contribution in [3.8, 4) is 0 Å². The third-order valence-corrected chi connectivity index (χ3v) is 9.57. The number of carbonyl (C=O) groups excluding carboxylic acids is 3. The van der Waals surface area contributed by atoms with Gasteiger partial charge in [-0.3, -0.25) is 14.5 Å². The van der Waals surface area contributed by atoms with Crippen molar-refractivity contribution in [1.82, 2.24) is 20.2 Å². The van der Waals surface area contributed by atoms with Crippen molar-refractivity contribution in [2.24, 2.45) is 5.16 Å². The number of quaternary nitrogens is 1. The van der Waals surface area contributed by atoms with Crippen molar-refractivity contribution in [2.45, 2.75) is 44.3 Å². The number of likely N-dealkylation sites (N-methyl/N-ethyl adjacent to an activating group) is 1. The molecule has 230 valence electrons. The molecule has 2 amide bonds. The lowest BCUT2D eigenvalue weighted by Crippen LogP contribution is -2.71. The summed E-state index contributed by atoms with van der Waals surface area (Å²) < 4.78 is 0.613. The molecule has 4 rings (SSSR count). The van der Waals surface area contributed by atoms with E-state index in [-0.39, 0.29) is 28.0 Å². The summed E-state index contributed by atoms with van der Waals surface area (Å²) in [5.41, 5.74) is 6.55. The molecule has 0 unspecified atom stereocenters. The Balaban J connectivity index is 1.49. The Kier molecular flexibility index (Phi) is 9.29. The molecule has 43 heavy (non-hydrogen) atoms. The number of aromatic nitrogens is 2. The van der Waals surface area contributed by atoms with E-state index in [9.17, 15) is 29.4 Å². The molecule has 1 fully saturated rings. The fraction of sp³-hybridized carbons (Fsp3) is 0.423. The standard InChI is InChI=1S/C26H31N7O7S3/c1-13-16(43-12-28-13)9-33(4,5)8-6-7-14-10-41-22-18(21(35)32(22)19(14)23(36)37)30-20(34)17(15-11-42-25(27)29-15)31-40-26(2,3)24(38)39/h6-7,11-12,18,22H,8-10H2,1-5H3,(H4-,27,29,30,34,36,37,38,39)/b7-6+,31-17-/t18-,22+/m1/s1. The number of aryl methyl sites for hydroxylation is 1. The molecule has 0 spiro atoms. The van der Waals surface area contributed by atoms with Crippen LogP contribution in [0.5, 0.6) is 0 Å². The summed E-state index contributed by atoms with van der Waals surface area (Å²) >= 11 is 3.91. The number of nitrogen functional groups attached to an aromatic ring is 1. The number of anilines is 1. The number of β-lactam (4-membered cyclic amide) rings is 1. The van der Waals surface area contributed by atoms with Crippen molar-refractivity contribution in [1.29, 1.82) is 0 Å². The van der Waals surface area contributed by atoms with Gasteiger partial charge in [0.2, 0.25) is 5.60 Å². The van der Waals surface area contributed by atoms with E-state index in [0.717, 1.165) is 28.5 Å². The molecular weight excluding hydrogens is 619 g/mol. The molecule has 0 radical (unpaired) electrons. The van der Waals surface area contributed by atoms with E-state index in [1.165, 1.54) is 35.9 Å². The first-order chi connectivity index (χ1) is 20.1. The number of carboxylic acids is 2. The van der Waals surface area contributed by atoms with Gasteiger partial charge in [0.15, 0.2) is 10.8 Å². The second kappa shape index (κ2) is 12.4. The minimum absolute atomic E-state index is 0.0238. The lowest BCUT2D eigenvalue weighted by Gasteiger charge is -2.50. The first kappa shape index (κ1) is 32.1. The summed E-state index contributed by atoms with van der Waals surface area (Å²) in [6.45, 7) is 5.82. The molecule has 0 aliphatic carbocycles. The highest BCUT2D eigenvalue weighted by atomic mass is 32.2. The van der Waals surface area contributed by atoms with Crippen LogP contribution < -0.4 is 16.2 Å². The Hall–Kier alpha value is -3.80. The van der Waals surface area contributed by atoms with Gasteiger partial charge in [0.25, 0.3) is 11.8 Å². The van der Waals surface area contributed by atoms with Gasteiger partial charge in [-0.1, -0.05) is 11.2 Å². The molecule has 0 saturated carbocycles. The highest BCUT2D eigenvalue weighted by Crippen LogP contribution is 2.40. The normalized spacial score (nSPS) is 19.3. The number of hydrogen-bond acceptors (Lipinski definition) is 13. The Bertz CT molecular complexity index is 1540. The summed E-state index contributed by atoms with van der Waals surface area (Å²) in [6.07, 6.45) is 3.58. The summed E-state index contributed by atoms with van der Waals surface area (Å²) in [7, 11) is 4.11. The molecule has 4 N–H and O–H groups in total. The predicted molar refractivity (Wildman–Crippen MR) is 160 cm³/mol. The van der Waals surface area contributed by atoms with E-state index in [1.54, 1.807) is 17.4 Å². The number of nitrogens with zero attached hydrogens (tertiary/aromatic N) is 5. The summed E-state index contributed by atoms with van der Waals surface area (Å²) in [4.78, 5) is 65.7. The molecule has 0 aromatic carbocycles. The smallest absolute Gasteiger partial charge is 0.350 e. The molecule has 2 aliphatic heterocycles. The largest absolute Gasteiger partial charge is 0.543 e. The number of oxime groups is 1. The highest BCUT2D eigenvalue weighted by Gasteiger charge is 2.53. The summed E-state index contributed by atoms with van der Waals surface area (Å²) in [5.74, 6) is -4.06. The third kappa shape index (κ3) is 7.06. The van der Waals surface area contributed by atoms with Crippen molar-refractivity contribution in [3.05, 3.63) is 50.6 Å². The first-order valence-corrected chi connectivity index (χ1v) is 15.7. The minimum atomic E-state index is -1.76. The summed E-state index contributed by atoms with van der Waals surface area (Å²) in [5, 5.41) is 28.6. The Labute approximate surface area is 259 Å². The van der Waals surface area contributed by atoms with Crippen LogP contribution in [0.15, 0.2) is 39.5 Å². The monoisotopic (exact) mass is 649 g/mol. The number of hydrogen-bond donors (Lipinski definition) is 3. The maximum absolute atomic E-state index is 13.2. The number of aliphatic carboxylic acids is 2. The van der Waals surface area contributed by atoms with Gasteiger partial charge in [-0.25, -0.2) is 14.8 Å². The molecule has 2 aromatic heterocycles. The second-order valence-corrected chi connectivity index (χ2v) is 13.9. The van der Waals surface area contributed by atoms with E-state index in [0.29, 0.717) is 16.6 Å². The molecule has 2 aliphatic rings. The molecule has 2 atom stereocenters. The van der Waals surface area contributed by atoms with E-state index in [2.05, 4.69) is 34.5 Å². The molecule has 14 nitrogen and oxygen atoms in total. The van der Waals surface area contributed by atoms with Crippen LogP contribution in [0.4, 0.5) is 5.13 Å². The number of rotatable bonds is 12. The van der Waals surface area contributed by atoms with Crippen LogP contribution in [0.25, 0.3) is 0 Å². The number of nitrogens with two attached hydrogens (primary N) is 1. The van der Waals surface area contributed by atoms with Gasteiger partial charge in [0, 0.05) is 11.1 Å².